The van der Waals surface area contributed by atoms with E-state index in [9.17, 15) is 8.42 Å². The largest absolute Gasteiger partial charge is 0.319 e. The van der Waals surface area contributed by atoms with Crippen LogP contribution in [0.3, 0.4) is 0 Å². The Balaban J connectivity index is 2.01. The summed E-state index contributed by atoms with van der Waals surface area (Å²) in [5.74, 6) is 0.955. The maximum absolute atomic E-state index is 12.5. The summed E-state index contributed by atoms with van der Waals surface area (Å²) in [4.78, 5) is 0. The molecule has 0 spiro atoms. The van der Waals surface area contributed by atoms with Gasteiger partial charge in [-0.2, -0.15) is 17.0 Å². The van der Waals surface area contributed by atoms with Gasteiger partial charge in [0.1, 0.15) is 0 Å². The SMILES string of the molecule is CNCC1CCCN(S(=O)(=O)N2CCC(C)C2)C1. The van der Waals surface area contributed by atoms with Gasteiger partial charge < -0.3 is 5.32 Å². The molecule has 0 aliphatic carbocycles. The predicted octanol–water partition coefficient (Wildman–Crippen LogP) is 0.504. The fraction of sp³-hybridized carbons (Fsp3) is 1.00. The van der Waals surface area contributed by atoms with Crippen molar-refractivity contribution in [1.82, 2.24) is 13.9 Å². The Labute approximate surface area is 111 Å². The zero-order chi connectivity index (χ0) is 13.2. The molecule has 0 aromatic heterocycles. The third-order valence-electron chi connectivity index (χ3n) is 4.01. The van der Waals surface area contributed by atoms with Gasteiger partial charge in [0.15, 0.2) is 0 Å². The van der Waals surface area contributed by atoms with Crippen LogP contribution in [-0.2, 0) is 10.2 Å². The van der Waals surface area contributed by atoms with Crippen molar-refractivity contribution in [2.75, 3.05) is 39.8 Å². The maximum atomic E-state index is 12.5. The highest BCUT2D eigenvalue weighted by Crippen LogP contribution is 2.25. The average Bonchev–Trinajstić information content (AvgIpc) is 2.77. The average molecular weight is 275 g/mol. The smallest absolute Gasteiger partial charge is 0.281 e. The molecule has 0 saturated carbocycles. The lowest BCUT2D eigenvalue weighted by Gasteiger charge is -2.34. The van der Waals surface area contributed by atoms with Crippen molar-refractivity contribution in [2.24, 2.45) is 11.8 Å². The third kappa shape index (κ3) is 3.04. The highest BCUT2D eigenvalue weighted by molar-refractivity contribution is 7.86. The van der Waals surface area contributed by atoms with Crippen molar-refractivity contribution in [3.8, 4) is 0 Å². The van der Waals surface area contributed by atoms with Crippen LogP contribution >= 0.6 is 0 Å². The Bertz CT molecular complexity index is 370. The Kier molecular flexibility index (Phi) is 4.64. The van der Waals surface area contributed by atoms with Gasteiger partial charge in [-0.1, -0.05) is 6.92 Å². The Hall–Kier alpha value is -0.170. The fourth-order valence-electron chi connectivity index (χ4n) is 2.96. The number of nitrogens with zero attached hydrogens (tertiary/aromatic N) is 2. The molecule has 2 atom stereocenters. The molecule has 2 aliphatic heterocycles. The standard InChI is InChI=1S/C12H25N3O2S/c1-11-5-7-15(9-11)18(16,17)14-6-3-4-12(10-14)8-13-2/h11-13H,3-10H2,1-2H3. The molecular formula is C12H25N3O2S. The van der Waals surface area contributed by atoms with Crippen LogP contribution in [0, 0.1) is 11.8 Å². The Morgan fingerprint density at radius 3 is 2.50 bits per heavy atom. The molecule has 0 aromatic rings. The molecule has 2 saturated heterocycles. The molecule has 2 rings (SSSR count). The monoisotopic (exact) mass is 275 g/mol. The lowest BCUT2D eigenvalue weighted by Crippen LogP contribution is -2.48. The number of piperidine rings is 1. The molecule has 2 heterocycles. The first-order chi connectivity index (χ1) is 8.54. The lowest BCUT2D eigenvalue weighted by atomic mass is 10.00. The van der Waals surface area contributed by atoms with Crippen molar-refractivity contribution in [3.63, 3.8) is 0 Å². The first-order valence-electron chi connectivity index (χ1n) is 6.94. The van der Waals surface area contributed by atoms with E-state index in [4.69, 9.17) is 0 Å². The molecule has 18 heavy (non-hydrogen) atoms. The molecule has 1 N–H and O–H groups in total. The van der Waals surface area contributed by atoms with Gasteiger partial charge in [-0.25, -0.2) is 0 Å². The number of rotatable bonds is 4. The second-order valence-electron chi connectivity index (χ2n) is 5.68. The van der Waals surface area contributed by atoms with Crippen molar-refractivity contribution >= 4 is 10.2 Å². The van der Waals surface area contributed by atoms with E-state index < -0.39 is 10.2 Å². The van der Waals surface area contributed by atoms with Crippen LogP contribution in [0.15, 0.2) is 0 Å². The molecule has 0 amide bonds. The van der Waals surface area contributed by atoms with Crippen LogP contribution in [-0.4, -0.2) is 56.8 Å². The van der Waals surface area contributed by atoms with E-state index in [0.717, 1.165) is 25.8 Å². The number of hydrogen-bond acceptors (Lipinski definition) is 3. The van der Waals surface area contributed by atoms with E-state index in [2.05, 4.69) is 12.2 Å². The fourth-order valence-corrected chi connectivity index (χ4v) is 4.82. The van der Waals surface area contributed by atoms with Gasteiger partial charge in [0.25, 0.3) is 10.2 Å². The van der Waals surface area contributed by atoms with Crippen LogP contribution in [0.4, 0.5) is 0 Å². The van der Waals surface area contributed by atoms with Crippen LogP contribution in [0.2, 0.25) is 0 Å². The van der Waals surface area contributed by atoms with E-state index in [-0.39, 0.29) is 0 Å². The van der Waals surface area contributed by atoms with Gasteiger partial charge in [0.2, 0.25) is 0 Å². The second kappa shape index (κ2) is 5.86. The van der Waals surface area contributed by atoms with E-state index in [1.807, 2.05) is 7.05 Å². The molecule has 0 aromatic carbocycles. The third-order valence-corrected chi connectivity index (χ3v) is 5.98. The van der Waals surface area contributed by atoms with Gasteiger partial charge in [-0.05, 0) is 44.7 Å². The first kappa shape index (κ1) is 14.2. The van der Waals surface area contributed by atoms with Gasteiger partial charge in [0, 0.05) is 26.2 Å². The van der Waals surface area contributed by atoms with Crippen LogP contribution in [0.25, 0.3) is 0 Å². The number of nitrogens with one attached hydrogen (secondary N) is 1. The summed E-state index contributed by atoms with van der Waals surface area (Å²) < 4.78 is 28.4. The molecule has 2 unspecified atom stereocenters. The van der Waals surface area contributed by atoms with Crippen LogP contribution < -0.4 is 5.32 Å². The van der Waals surface area contributed by atoms with Crippen molar-refractivity contribution < 1.29 is 8.42 Å². The van der Waals surface area contributed by atoms with Gasteiger partial charge in [-0.3, -0.25) is 0 Å². The summed E-state index contributed by atoms with van der Waals surface area (Å²) in [5, 5.41) is 3.15. The summed E-state index contributed by atoms with van der Waals surface area (Å²) in [6, 6.07) is 0. The summed E-state index contributed by atoms with van der Waals surface area (Å²) in [6.45, 7) is 5.77. The molecule has 6 heteroatoms. The molecule has 0 bridgehead atoms. The van der Waals surface area contributed by atoms with Crippen LogP contribution in [0.5, 0.6) is 0 Å². The van der Waals surface area contributed by atoms with Crippen molar-refractivity contribution in [2.45, 2.75) is 26.2 Å². The quantitative estimate of drug-likeness (QED) is 0.813. The summed E-state index contributed by atoms with van der Waals surface area (Å²) in [6.07, 6.45) is 3.10. The summed E-state index contributed by atoms with van der Waals surface area (Å²) >= 11 is 0. The van der Waals surface area contributed by atoms with E-state index >= 15 is 0 Å². The van der Waals surface area contributed by atoms with Crippen LogP contribution in [0.1, 0.15) is 26.2 Å². The minimum absolute atomic E-state index is 0.457. The predicted molar refractivity (Wildman–Crippen MR) is 72.5 cm³/mol. The first-order valence-corrected chi connectivity index (χ1v) is 8.33. The molecule has 2 aliphatic rings. The summed E-state index contributed by atoms with van der Waals surface area (Å²) in [5.41, 5.74) is 0. The van der Waals surface area contributed by atoms with E-state index in [1.54, 1.807) is 8.61 Å². The lowest BCUT2D eigenvalue weighted by molar-refractivity contribution is 0.248. The second-order valence-corrected chi connectivity index (χ2v) is 7.61. The minimum atomic E-state index is -3.21. The van der Waals surface area contributed by atoms with Gasteiger partial charge in [0.05, 0.1) is 0 Å². The minimum Gasteiger partial charge on any atom is -0.319 e. The van der Waals surface area contributed by atoms with E-state index in [0.29, 0.717) is 38.0 Å². The molecule has 0 radical (unpaired) electrons. The molecule has 5 nitrogen and oxygen atoms in total. The highest BCUT2D eigenvalue weighted by atomic mass is 32.2. The normalized spacial score (nSPS) is 31.9. The highest BCUT2D eigenvalue weighted by Gasteiger charge is 2.36. The summed E-state index contributed by atoms with van der Waals surface area (Å²) in [7, 11) is -1.28. The van der Waals surface area contributed by atoms with Gasteiger partial charge in [-0.15, -0.1) is 0 Å². The Morgan fingerprint density at radius 1 is 1.17 bits per heavy atom. The molecular weight excluding hydrogens is 250 g/mol. The maximum Gasteiger partial charge on any atom is 0.281 e. The molecule has 2 fully saturated rings. The zero-order valence-electron chi connectivity index (χ0n) is 11.4. The van der Waals surface area contributed by atoms with Crippen molar-refractivity contribution in [1.29, 1.82) is 0 Å². The van der Waals surface area contributed by atoms with Gasteiger partial charge >= 0.3 is 0 Å². The van der Waals surface area contributed by atoms with Crippen molar-refractivity contribution in [3.05, 3.63) is 0 Å². The topological polar surface area (TPSA) is 52.7 Å². The Morgan fingerprint density at radius 2 is 1.89 bits per heavy atom. The number of hydrogen-bond donors (Lipinski definition) is 1. The molecule has 106 valence electrons. The zero-order valence-corrected chi connectivity index (χ0v) is 12.2. The van der Waals surface area contributed by atoms with E-state index in [1.165, 1.54) is 0 Å².